The van der Waals surface area contributed by atoms with Crippen LogP contribution < -0.4 is 5.73 Å². The van der Waals surface area contributed by atoms with Crippen LogP contribution in [0.2, 0.25) is 0 Å². The van der Waals surface area contributed by atoms with Gasteiger partial charge in [0.05, 0.1) is 0 Å². The highest BCUT2D eigenvalue weighted by Gasteiger charge is 2.15. The highest BCUT2D eigenvalue weighted by Crippen LogP contribution is 2.25. The lowest BCUT2D eigenvalue weighted by atomic mass is 10.1. The number of halogens is 1. The van der Waals surface area contributed by atoms with Gasteiger partial charge < -0.3 is 5.73 Å². The Hall–Kier alpha value is -1.03. The van der Waals surface area contributed by atoms with Crippen LogP contribution >= 0.6 is 11.8 Å². The van der Waals surface area contributed by atoms with Crippen LogP contribution in [0.15, 0.2) is 24.3 Å². The Labute approximate surface area is 80.3 Å². The number of benzene rings is 1. The number of amides is 1. The molecule has 4 heteroatoms. The summed E-state index contributed by atoms with van der Waals surface area (Å²) in [6.45, 7) is 0. The van der Waals surface area contributed by atoms with Gasteiger partial charge in [-0.1, -0.05) is 12.1 Å². The van der Waals surface area contributed by atoms with Gasteiger partial charge in [-0.25, -0.2) is 4.39 Å². The second-order valence-electron chi connectivity index (χ2n) is 2.57. The monoisotopic (exact) mass is 199 g/mol. The summed E-state index contributed by atoms with van der Waals surface area (Å²) < 4.78 is 12.5. The van der Waals surface area contributed by atoms with Crippen LogP contribution in [0.25, 0.3) is 0 Å². The number of hydrogen-bond acceptors (Lipinski definition) is 2. The molecular formula is C9H10FNOS. The summed E-state index contributed by atoms with van der Waals surface area (Å²) in [5.74, 6) is -0.716. The molecule has 0 radical (unpaired) electrons. The van der Waals surface area contributed by atoms with E-state index in [2.05, 4.69) is 0 Å². The Bertz CT molecular complexity index is 299. The van der Waals surface area contributed by atoms with Gasteiger partial charge in [-0.15, -0.1) is 11.8 Å². The van der Waals surface area contributed by atoms with Crippen molar-refractivity contribution in [3.05, 3.63) is 35.6 Å². The van der Waals surface area contributed by atoms with Crippen molar-refractivity contribution >= 4 is 17.7 Å². The summed E-state index contributed by atoms with van der Waals surface area (Å²) >= 11 is 1.34. The molecule has 2 N–H and O–H groups in total. The first-order valence-corrected chi connectivity index (χ1v) is 5.01. The summed E-state index contributed by atoms with van der Waals surface area (Å²) in [6, 6.07) is 5.78. The molecule has 0 fully saturated rings. The zero-order valence-corrected chi connectivity index (χ0v) is 7.98. The van der Waals surface area contributed by atoms with Crippen molar-refractivity contribution < 1.29 is 9.18 Å². The number of thioether (sulfide) groups is 1. The first-order chi connectivity index (χ1) is 6.15. The van der Waals surface area contributed by atoms with E-state index in [1.165, 1.54) is 23.9 Å². The molecule has 0 aliphatic heterocycles. The lowest BCUT2D eigenvalue weighted by molar-refractivity contribution is -0.117. The molecular weight excluding hydrogens is 189 g/mol. The predicted molar refractivity (Wildman–Crippen MR) is 51.9 cm³/mol. The van der Waals surface area contributed by atoms with E-state index >= 15 is 0 Å². The summed E-state index contributed by atoms with van der Waals surface area (Å²) in [5, 5.41) is -0.388. The fourth-order valence-electron chi connectivity index (χ4n) is 1.05. The van der Waals surface area contributed by atoms with Crippen LogP contribution in [-0.4, -0.2) is 12.2 Å². The van der Waals surface area contributed by atoms with Crippen LogP contribution in [0.3, 0.4) is 0 Å². The Morgan fingerprint density at radius 2 is 2.00 bits per heavy atom. The van der Waals surface area contributed by atoms with Gasteiger partial charge in [-0.2, -0.15) is 0 Å². The highest BCUT2D eigenvalue weighted by molar-refractivity contribution is 7.99. The van der Waals surface area contributed by atoms with Crippen LogP contribution in [-0.2, 0) is 4.79 Å². The van der Waals surface area contributed by atoms with E-state index in [9.17, 15) is 9.18 Å². The minimum atomic E-state index is -0.404. The minimum Gasteiger partial charge on any atom is -0.368 e. The standard InChI is InChI=1S/C9H10FNOS/c1-13-8(9(11)12)6-2-4-7(10)5-3-6/h2-5,8H,1H3,(H2,11,12). The summed E-state index contributed by atoms with van der Waals surface area (Å²) in [4.78, 5) is 10.9. The molecule has 0 spiro atoms. The molecule has 13 heavy (non-hydrogen) atoms. The maximum Gasteiger partial charge on any atom is 0.235 e. The van der Waals surface area contributed by atoms with Crippen molar-refractivity contribution in [2.45, 2.75) is 5.25 Å². The fraction of sp³-hybridized carbons (Fsp3) is 0.222. The molecule has 0 bridgehead atoms. The largest absolute Gasteiger partial charge is 0.368 e. The minimum absolute atomic E-state index is 0.312. The molecule has 0 saturated heterocycles. The third-order valence-electron chi connectivity index (χ3n) is 1.67. The molecule has 0 aliphatic carbocycles. The molecule has 1 amide bonds. The van der Waals surface area contributed by atoms with E-state index < -0.39 is 5.91 Å². The molecule has 2 nitrogen and oxygen atoms in total. The van der Waals surface area contributed by atoms with E-state index in [4.69, 9.17) is 5.73 Å². The van der Waals surface area contributed by atoms with Gasteiger partial charge in [0, 0.05) is 0 Å². The topological polar surface area (TPSA) is 43.1 Å². The van der Waals surface area contributed by atoms with Gasteiger partial charge in [0.1, 0.15) is 11.1 Å². The molecule has 1 aromatic carbocycles. The molecule has 0 aromatic heterocycles. The van der Waals surface area contributed by atoms with E-state index in [1.807, 2.05) is 0 Å². The van der Waals surface area contributed by atoms with Gasteiger partial charge in [-0.05, 0) is 24.0 Å². The summed E-state index contributed by atoms with van der Waals surface area (Å²) in [7, 11) is 0. The predicted octanol–water partition coefficient (Wildman–Crippen LogP) is 1.72. The normalized spacial score (nSPS) is 12.5. The average Bonchev–Trinajstić information content (AvgIpc) is 2.09. The van der Waals surface area contributed by atoms with Gasteiger partial charge >= 0.3 is 0 Å². The number of primary amides is 1. The van der Waals surface area contributed by atoms with Crippen molar-refractivity contribution in [2.75, 3.05) is 6.26 Å². The molecule has 1 unspecified atom stereocenters. The quantitative estimate of drug-likeness (QED) is 0.805. The van der Waals surface area contributed by atoms with E-state index in [-0.39, 0.29) is 11.1 Å². The first kappa shape index (κ1) is 10.1. The second-order valence-corrected chi connectivity index (χ2v) is 3.51. The van der Waals surface area contributed by atoms with Crippen molar-refractivity contribution in [3.63, 3.8) is 0 Å². The first-order valence-electron chi connectivity index (χ1n) is 3.72. The Morgan fingerprint density at radius 1 is 1.46 bits per heavy atom. The van der Waals surface area contributed by atoms with Gasteiger partial charge in [0.15, 0.2) is 0 Å². The van der Waals surface area contributed by atoms with E-state index in [0.717, 1.165) is 5.56 Å². The zero-order valence-electron chi connectivity index (χ0n) is 7.16. The summed E-state index contributed by atoms with van der Waals surface area (Å²) in [5.41, 5.74) is 5.90. The Balaban J connectivity index is 2.92. The van der Waals surface area contributed by atoms with E-state index in [1.54, 1.807) is 18.4 Å². The lowest BCUT2D eigenvalue weighted by Gasteiger charge is -2.09. The van der Waals surface area contributed by atoms with Crippen LogP contribution in [0, 0.1) is 5.82 Å². The van der Waals surface area contributed by atoms with Gasteiger partial charge in [0.2, 0.25) is 5.91 Å². The fourth-order valence-corrected chi connectivity index (χ4v) is 1.72. The van der Waals surface area contributed by atoms with Gasteiger partial charge in [0.25, 0.3) is 0 Å². The van der Waals surface area contributed by atoms with Crippen LogP contribution in [0.4, 0.5) is 4.39 Å². The van der Waals surface area contributed by atoms with Crippen molar-refractivity contribution in [3.8, 4) is 0 Å². The number of rotatable bonds is 3. The van der Waals surface area contributed by atoms with E-state index in [0.29, 0.717) is 0 Å². The smallest absolute Gasteiger partial charge is 0.235 e. The number of carbonyl (C=O) groups is 1. The maximum atomic E-state index is 12.5. The molecule has 0 aliphatic rings. The SMILES string of the molecule is CSC(C(N)=O)c1ccc(F)cc1. The Kier molecular flexibility index (Phi) is 3.31. The highest BCUT2D eigenvalue weighted by atomic mass is 32.2. The molecule has 1 atom stereocenters. The second kappa shape index (κ2) is 4.28. The molecule has 1 aromatic rings. The molecule has 70 valence electrons. The number of carbonyl (C=O) groups excluding carboxylic acids is 1. The molecule has 0 heterocycles. The zero-order chi connectivity index (χ0) is 9.84. The lowest BCUT2D eigenvalue weighted by Crippen LogP contribution is -2.18. The molecule has 1 rings (SSSR count). The van der Waals surface area contributed by atoms with Crippen molar-refractivity contribution in [1.29, 1.82) is 0 Å². The average molecular weight is 199 g/mol. The van der Waals surface area contributed by atoms with Gasteiger partial charge in [-0.3, -0.25) is 4.79 Å². The van der Waals surface area contributed by atoms with Crippen LogP contribution in [0.1, 0.15) is 10.8 Å². The van der Waals surface area contributed by atoms with Crippen molar-refractivity contribution in [1.82, 2.24) is 0 Å². The Morgan fingerprint density at radius 3 is 2.38 bits per heavy atom. The van der Waals surface area contributed by atoms with Crippen molar-refractivity contribution in [2.24, 2.45) is 5.73 Å². The third kappa shape index (κ3) is 2.45. The molecule has 0 saturated carbocycles. The van der Waals surface area contributed by atoms with Crippen LogP contribution in [0.5, 0.6) is 0 Å². The summed E-state index contributed by atoms with van der Waals surface area (Å²) in [6.07, 6.45) is 1.79. The maximum absolute atomic E-state index is 12.5. The third-order valence-corrected chi connectivity index (χ3v) is 2.64. The number of hydrogen-bond donors (Lipinski definition) is 1. The number of nitrogens with two attached hydrogens (primary N) is 1.